The van der Waals surface area contributed by atoms with Gasteiger partial charge in [0.25, 0.3) is 5.91 Å². The van der Waals surface area contributed by atoms with Gasteiger partial charge in [0.15, 0.2) is 5.76 Å². The van der Waals surface area contributed by atoms with Gasteiger partial charge in [-0.1, -0.05) is 0 Å². The quantitative estimate of drug-likeness (QED) is 0.912. The number of rotatable bonds is 4. The molecule has 2 aromatic heterocycles. The molecule has 0 saturated carbocycles. The molecule has 0 radical (unpaired) electrons. The molecule has 1 atom stereocenters. The van der Waals surface area contributed by atoms with Crippen LogP contribution in [0.2, 0.25) is 0 Å². The van der Waals surface area contributed by atoms with E-state index in [-0.39, 0.29) is 5.91 Å². The van der Waals surface area contributed by atoms with Crippen molar-refractivity contribution in [3.63, 3.8) is 0 Å². The summed E-state index contributed by atoms with van der Waals surface area (Å²) in [4.78, 5) is 14.0. The average molecular weight is 274 g/mol. The number of carbonyl (C=O) groups excluding carboxylic acids is 1. The highest BCUT2D eigenvalue weighted by molar-refractivity contribution is 5.91. The van der Waals surface area contributed by atoms with Crippen LogP contribution in [0.1, 0.15) is 28.7 Å². The number of aromatic nitrogens is 2. The summed E-state index contributed by atoms with van der Waals surface area (Å²) in [6.07, 6.45) is 4.19. The number of likely N-dealkylation sites (N-methyl/N-ethyl adjacent to an activating group) is 1. The molecule has 1 aliphatic heterocycles. The summed E-state index contributed by atoms with van der Waals surface area (Å²) >= 11 is 0. The van der Waals surface area contributed by atoms with Crippen molar-refractivity contribution in [2.24, 2.45) is 0 Å². The Kier molecular flexibility index (Phi) is 3.56. The number of hydrogen-bond donors (Lipinski definition) is 1. The molecule has 0 spiro atoms. The Hall–Kier alpha value is -2.08. The van der Waals surface area contributed by atoms with Crippen LogP contribution < -0.4 is 5.32 Å². The Morgan fingerprint density at radius 2 is 2.45 bits per heavy atom. The summed E-state index contributed by atoms with van der Waals surface area (Å²) < 4.78 is 7.13. The number of nitrogens with zero attached hydrogens (tertiary/aromatic N) is 3. The molecule has 0 aliphatic carbocycles. The molecule has 0 fully saturated rings. The van der Waals surface area contributed by atoms with Gasteiger partial charge in [0.1, 0.15) is 0 Å². The third-order valence-corrected chi connectivity index (χ3v) is 3.56. The maximum atomic E-state index is 11.8. The second-order valence-corrected chi connectivity index (χ2v) is 5.14. The van der Waals surface area contributed by atoms with Crippen molar-refractivity contribution in [1.82, 2.24) is 20.0 Å². The van der Waals surface area contributed by atoms with Gasteiger partial charge in [0.05, 0.1) is 18.0 Å². The van der Waals surface area contributed by atoms with Crippen molar-refractivity contribution in [3.8, 4) is 0 Å². The van der Waals surface area contributed by atoms with Gasteiger partial charge in [-0.25, -0.2) is 0 Å². The normalized spacial score (nSPS) is 18.8. The van der Waals surface area contributed by atoms with Crippen LogP contribution in [0.3, 0.4) is 0 Å². The first-order chi connectivity index (χ1) is 9.74. The minimum absolute atomic E-state index is 0.167. The number of nitrogens with one attached hydrogen (secondary N) is 1. The van der Waals surface area contributed by atoms with Crippen molar-refractivity contribution in [2.45, 2.75) is 19.0 Å². The predicted molar refractivity (Wildman–Crippen MR) is 73.3 cm³/mol. The second kappa shape index (κ2) is 5.50. The minimum Gasteiger partial charge on any atom is -0.459 e. The average Bonchev–Trinajstić information content (AvgIpc) is 3.09. The first kappa shape index (κ1) is 12.9. The van der Waals surface area contributed by atoms with E-state index in [1.165, 1.54) is 12.0 Å². The maximum Gasteiger partial charge on any atom is 0.286 e. The molecule has 1 N–H and O–H groups in total. The van der Waals surface area contributed by atoms with Crippen LogP contribution in [0.25, 0.3) is 0 Å². The lowest BCUT2D eigenvalue weighted by atomic mass is 10.1. The molecule has 1 aliphatic rings. The summed E-state index contributed by atoms with van der Waals surface area (Å²) in [6.45, 7) is 2.48. The predicted octanol–water partition coefficient (Wildman–Crippen LogP) is 1.28. The van der Waals surface area contributed by atoms with Gasteiger partial charge in [-0.05, 0) is 31.7 Å². The molecule has 1 amide bonds. The second-order valence-electron chi connectivity index (χ2n) is 5.14. The zero-order valence-corrected chi connectivity index (χ0v) is 11.5. The SMILES string of the molecule is CN1Cc2ccnn2[C@H](CCNC(=O)c2ccco2)C1. The van der Waals surface area contributed by atoms with Gasteiger partial charge in [-0.2, -0.15) is 5.10 Å². The summed E-state index contributed by atoms with van der Waals surface area (Å²) in [7, 11) is 2.10. The van der Waals surface area contributed by atoms with Gasteiger partial charge in [-0.3, -0.25) is 14.4 Å². The van der Waals surface area contributed by atoms with E-state index in [1.54, 1.807) is 12.1 Å². The van der Waals surface area contributed by atoms with Crippen LogP contribution in [0.15, 0.2) is 35.1 Å². The van der Waals surface area contributed by atoms with E-state index in [4.69, 9.17) is 4.42 Å². The molecule has 0 aromatic carbocycles. The fourth-order valence-electron chi connectivity index (χ4n) is 2.63. The Morgan fingerprint density at radius 3 is 3.25 bits per heavy atom. The monoisotopic (exact) mass is 274 g/mol. The Labute approximate surface area is 117 Å². The Morgan fingerprint density at radius 1 is 1.55 bits per heavy atom. The molecule has 20 heavy (non-hydrogen) atoms. The summed E-state index contributed by atoms with van der Waals surface area (Å²) in [5.41, 5.74) is 1.22. The van der Waals surface area contributed by atoms with E-state index < -0.39 is 0 Å². The molecular weight excluding hydrogens is 256 g/mol. The van der Waals surface area contributed by atoms with Crippen LogP contribution in [-0.4, -0.2) is 40.7 Å². The van der Waals surface area contributed by atoms with E-state index in [9.17, 15) is 4.79 Å². The van der Waals surface area contributed by atoms with E-state index in [0.29, 0.717) is 18.3 Å². The highest BCUT2D eigenvalue weighted by Crippen LogP contribution is 2.21. The Balaban J connectivity index is 1.56. The molecule has 3 heterocycles. The zero-order valence-electron chi connectivity index (χ0n) is 11.5. The zero-order chi connectivity index (χ0) is 13.9. The van der Waals surface area contributed by atoms with Crippen molar-refractivity contribution < 1.29 is 9.21 Å². The molecule has 0 unspecified atom stereocenters. The highest BCUT2D eigenvalue weighted by atomic mass is 16.3. The van der Waals surface area contributed by atoms with E-state index in [2.05, 4.69) is 27.0 Å². The number of furan rings is 1. The third kappa shape index (κ3) is 2.60. The molecule has 2 aromatic rings. The molecule has 6 heteroatoms. The van der Waals surface area contributed by atoms with Gasteiger partial charge in [0.2, 0.25) is 0 Å². The van der Waals surface area contributed by atoms with Gasteiger partial charge in [-0.15, -0.1) is 0 Å². The standard InChI is InChI=1S/C14H18N4O2/c1-17-9-11(18-12(10-17)5-7-16-18)4-6-15-14(19)13-3-2-8-20-13/h2-3,5,7-8,11H,4,6,9-10H2,1H3,(H,15,19)/t11-/m1/s1. The number of hydrogen-bond acceptors (Lipinski definition) is 4. The van der Waals surface area contributed by atoms with Crippen molar-refractivity contribution in [1.29, 1.82) is 0 Å². The van der Waals surface area contributed by atoms with Gasteiger partial charge in [0, 0.05) is 25.8 Å². The smallest absolute Gasteiger partial charge is 0.286 e. The molecule has 6 nitrogen and oxygen atoms in total. The van der Waals surface area contributed by atoms with Crippen LogP contribution in [-0.2, 0) is 6.54 Å². The van der Waals surface area contributed by atoms with Crippen LogP contribution in [0.5, 0.6) is 0 Å². The van der Waals surface area contributed by atoms with Gasteiger partial charge >= 0.3 is 0 Å². The largest absolute Gasteiger partial charge is 0.459 e. The molecule has 0 bridgehead atoms. The van der Waals surface area contributed by atoms with E-state index >= 15 is 0 Å². The minimum atomic E-state index is -0.167. The van der Waals surface area contributed by atoms with Crippen molar-refractivity contribution in [3.05, 3.63) is 42.1 Å². The Bertz CT molecular complexity index is 576. The lowest BCUT2D eigenvalue weighted by Crippen LogP contribution is -2.37. The summed E-state index contributed by atoms with van der Waals surface area (Å²) in [6, 6.07) is 5.72. The maximum absolute atomic E-state index is 11.8. The topological polar surface area (TPSA) is 63.3 Å². The highest BCUT2D eigenvalue weighted by Gasteiger charge is 2.23. The number of fused-ring (bicyclic) bond motifs is 1. The van der Waals surface area contributed by atoms with Crippen LogP contribution in [0, 0.1) is 0 Å². The molecule has 0 saturated heterocycles. The number of carbonyl (C=O) groups is 1. The van der Waals surface area contributed by atoms with Crippen molar-refractivity contribution in [2.75, 3.05) is 20.1 Å². The van der Waals surface area contributed by atoms with Crippen LogP contribution >= 0.6 is 0 Å². The van der Waals surface area contributed by atoms with Gasteiger partial charge < -0.3 is 9.73 Å². The van der Waals surface area contributed by atoms with E-state index in [1.807, 2.05) is 12.3 Å². The molecule has 106 valence electrons. The fraction of sp³-hybridized carbons (Fsp3) is 0.429. The molecule has 3 rings (SSSR count). The van der Waals surface area contributed by atoms with Crippen LogP contribution in [0.4, 0.5) is 0 Å². The number of amides is 1. The molecular formula is C14H18N4O2. The third-order valence-electron chi connectivity index (χ3n) is 3.56. The fourth-order valence-corrected chi connectivity index (χ4v) is 2.63. The van der Waals surface area contributed by atoms with Crippen molar-refractivity contribution >= 4 is 5.91 Å². The summed E-state index contributed by atoms with van der Waals surface area (Å²) in [5, 5.41) is 7.26. The summed E-state index contributed by atoms with van der Waals surface area (Å²) in [5.74, 6) is 0.186. The first-order valence-corrected chi connectivity index (χ1v) is 6.76. The lowest BCUT2D eigenvalue weighted by Gasteiger charge is -2.31. The van der Waals surface area contributed by atoms with E-state index in [0.717, 1.165) is 19.5 Å². The lowest BCUT2D eigenvalue weighted by molar-refractivity contribution is 0.0921. The first-order valence-electron chi connectivity index (χ1n) is 6.76.